The van der Waals surface area contributed by atoms with E-state index < -0.39 is 0 Å². The van der Waals surface area contributed by atoms with Gasteiger partial charge in [-0.2, -0.15) is 0 Å². The Labute approximate surface area is 302 Å². The molecule has 2 unspecified atom stereocenters. The van der Waals surface area contributed by atoms with Crippen molar-refractivity contribution in [1.82, 2.24) is 30.6 Å². The molecule has 10 nitrogen and oxygen atoms in total. The van der Waals surface area contributed by atoms with Gasteiger partial charge in [0.25, 0.3) is 0 Å². The molecule has 260 valence electrons. The molecule has 0 radical (unpaired) electrons. The fraction of sp³-hybridized carbons (Fsp3) is 0.417. The Morgan fingerprint density at radius 2 is 1.42 bits per heavy atom. The van der Waals surface area contributed by atoms with Crippen molar-refractivity contribution in [2.75, 3.05) is 5.32 Å². The molecule has 50 heavy (non-hydrogen) atoms. The number of aromatic nitrogens is 4. The number of benzene rings is 1. The Morgan fingerprint density at radius 1 is 0.840 bits per heavy atom. The van der Waals surface area contributed by atoms with Crippen molar-refractivity contribution in [1.29, 1.82) is 0 Å². The molecular weight excluding hydrogens is 695 g/mol. The number of nitrogens with one attached hydrogen (secondary N) is 3. The molecule has 14 heteroatoms. The van der Waals surface area contributed by atoms with Crippen LogP contribution in [0.2, 0.25) is 5.15 Å². The number of thiophene rings is 2. The highest BCUT2D eigenvalue weighted by Gasteiger charge is 2.31. The number of carbonyl (C=O) groups excluding carboxylic acids is 2. The number of aliphatic imine (C=N–C) groups is 1. The van der Waals surface area contributed by atoms with E-state index in [0.29, 0.717) is 29.6 Å². The third kappa shape index (κ3) is 6.95. The van der Waals surface area contributed by atoms with Gasteiger partial charge in [-0.3, -0.25) is 14.6 Å². The minimum Gasteiger partial charge on any atom is -0.354 e. The molecular formula is C36H38ClFN8O2S2. The molecule has 1 aromatic carbocycles. The summed E-state index contributed by atoms with van der Waals surface area (Å²) in [5.41, 5.74) is 4.62. The van der Waals surface area contributed by atoms with Gasteiger partial charge in [0.1, 0.15) is 39.1 Å². The number of amides is 2. The maximum atomic E-state index is 14.6. The van der Waals surface area contributed by atoms with E-state index in [2.05, 4.69) is 40.9 Å². The summed E-state index contributed by atoms with van der Waals surface area (Å²) in [6.45, 7) is 8.45. The van der Waals surface area contributed by atoms with Gasteiger partial charge in [-0.05, 0) is 101 Å². The number of aryl methyl sites for hydroxylation is 2. The first-order valence-corrected chi connectivity index (χ1v) is 18.9. The van der Waals surface area contributed by atoms with E-state index in [9.17, 15) is 14.0 Å². The summed E-state index contributed by atoms with van der Waals surface area (Å²) >= 11 is 9.42. The van der Waals surface area contributed by atoms with Crippen LogP contribution in [-0.2, 0) is 41.8 Å². The van der Waals surface area contributed by atoms with E-state index >= 15 is 0 Å². The second-order valence-corrected chi connectivity index (χ2v) is 16.1. The number of anilines is 2. The number of rotatable bonds is 6. The lowest BCUT2D eigenvalue weighted by molar-refractivity contribution is -0.126. The highest BCUT2D eigenvalue weighted by atomic mass is 35.5. The fourth-order valence-electron chi connectivity index (χ4n) is 6.88. The first kappa shape index (κ1) is 34.4. The quantitative estimate of drug-likeness (QED) is 0.159. The molecule has 3 aliphatic rings. The summed E-state index contributed by atoms with van der Waals surface area (Å²) in [6.07, 6.45) is 9.56. The van der Waals surface area contributed by atoms with Crippen molar-refractivity contribution in [3.63, 3.8) is 0 Å². The molecule has 2 amide bonds. The van der Waals surface area contributed by atoms with Gasteiger partial charge in [-0.25, -0.2) is 24.3 Å². The minimum absolute atomic E-state index is 0.0224. The fourth-order valence-corrected chi connectivity index (χ4v) is 9.72. The number of nitrogens with zero attached hydrogens (tertiary/aromatic N) is 5. The predicted octanol–water partition coefficient (Wildman–Crippen LogP) is 7.11. The minimum atomic E-state index is -0.319. The number of hydrogen-bond acceptors (Lipinski definition) is 10. The van der Waals surface area contributed by atoms with E-state index in [1.807, 2.05) is 27.7 Å². The van der Waals surface area contributed by atoms with Crippen LogP contribution in [0.15, 0.2) is 29.8 Å². The maximum Gasteiger partial charge on any atom is 0.223 e. The average Bonchev–Trinajstić information content (AvgIpc) is 3.79. The second kappa shape index (κ2) is 14.3. The third-order valence-corrected chi connectivity index (χ3v) is 11.8. The number of carbonyl (C=O) groups is 2. The van der Waals surface area contributed by atoms with E-state index in [-0.39, 0.29) is 41.6 Å². The van der Waals surface area contributed by atoms with Crippen molar-refractivity contribution in [2.45, 2.75) is 84.8 Å². The van der Waals surface area contributed by atoms with Gasteiger partial charge in [0.05, 0.1) is 23.0 Å². The number of halogens is 2. The average molecular weight is 733 g/mol. The van der Waals surface area contributed by atoms with Gasteiger partial charge in [-0.15, -0.1) is 22.7 Å². The van der Waals surface area contributed by atoms with E-state index in [1.165, 1.54) is 39.6 Å². The first-order valence-electron chi connectivity index (χ1n) is 16.9. The van der Waals surface area contributed by atoms with Crippen LogP contribution in [-0.4, -0.2) is 50.0 Å². The summed E-state index contributed by atoms with van der Waals surface area (Å²) in [7, 11) is 0. The van der Waals surface area contributed by atoms with Crippen molar-refractivity contribution in [2.24, 2.45) is 16.8 Å². The molecule has 0 spiro atoms. The maximum absolute atomic E-state index is 14.6. The zero-order valence-corrected chi connectivity index (χ0v) is 30.7. The van der Waals surface area contributed by atoms with Crippen LogP contribution in [0, 0.1) is 17.7 Å². The molecule has 8 rings (SSSR count). The Kier molecular flexibility index (Phi) is 9.82. The zero-order chi connectivity index (χ0) is 35.1. The normalized spacial score (nSPS) is 17.7. The lowest BCUT2D eigenvalue weighted by Crippen LogP contribution is -2.37. The summed E-state index contributed by atoms with van der Waals surface area (Å²) in [4.78, 5) is 50.2. The largest absolute Gasteiger partial charge is 0.354 e. The Balaban J connectivity index is 0.000000170. The molecule has 0 saturated heterocycles. The topological polar surface area (TPSA) is 134 Å². The van der Waals surface area contributed by atoms with Gasteiger partial charge >= 0.3 is 0 Å². The smallest absolute Gasteiger partial charge is 0.223 e. The van der Waals surface area contributed by atoms with Crippen LogP contribution in [0.4, 0.5) is 15.9 Å². The molecule has 2 aliphatic carbocycles. The second-order valence-electron chi connectivity index (χ2n) is 13.6. The summed E-state index contributed by atoms with van der Waals surface area (Å²) < 4.78 is 14.6. The third-order valence-electron chi connectivity index (χ3n) is 9.22. The van der Waals surface area contributed by atoms with Gasteiger partial charge in [0.15, 0.2) is 0 Å². The molecule has 0 saturated carbocycles. The molecule has 0 fully saturated rings. The summed E-state index contributed by atoms with van der Waals surface area (Å²) in [5.74, 6) is 0.590. The van der Waals surface area contributed by atoms with Gasteiger partial charge in [0, 0.05) is 39.9 Å². The zero-order valence-electron chi connectivity index (χ0n) is 28.3. The predicted molar refractivity (Wildman–Crippen MR) is 198 cm³/mol. The van der Waals surface area contributed by atoms with Crippen LogP contribution >= 0.6 is 34.3 Å². The van der Waals surface area contributed by atoms with E-state index in [4.69, 9.17) is 11.6 Å². The van der Waals surface area contributed by atoms with Crippen molar-refractivity contribution >= 4 is 84.2 Å². The summed E-state index contributed by atoms with van der Waals surface area (Å²) in [5, 5.41) is 11.6. The van der Waals surface area contributed by atoms with Crippen LogP contribution < -0.4 is 16.0 Å². The molecule has 4 aromatic heterocycles. The van der Waals surface area contributed by atoms with Crippen molar-refractivity contribution < 1.29 is 14.0 Å². The molecule has 3 N–H and O–H groups in total. The molecule has 5 heterocycles. The lowest BCUT2D eigenvalue weighted by Gasteiger charge is -2.23. The molecule has 0 bridgehead atoms. The number of hydrogen-bond donors (Lipinski definition) is 3. The Hall–Kier alpha value is -4.07. The van der Waals surface area contributed by atoms with Gasteiger partial charge < -0.3 is 16.0 Å². The number of fused-ring (bicyclic) bond motifs is 7. The Morgan fingerprint density at radius 3 is 2.04 bits per heavy atom. The van der Waals surface area contributed by atoms with Crippen LogP contribution in [0.1, 0.15) is 72.5 Å². The van der Waals surface area contributed by atoms with Crippen molar-refractivity contribution in [3.8, 4) is 0 Å². The van der Waals surface area contributed by atoms with Crippen molar-refractivity contribution in [3.05, 3.63) is 67.8 Å². The highest BCUT2D eigenvalue weighted by Crippen LogP contribution is 2.42. The monoisotopic (exact) mass is 732 g/mol. The first-order chi connectivity index (χ1) is 24.0. The van der Waals surface area contributed by atoms with Crippen LogP contribution in [0.5, 0.6) is 0 Å². The van der Waals surface area contributed by atoms with Gasteiger partial charge in [0.2, 0.25) is 11.8 Å². The summed E-state index contributed by atoms with van der Waals surface area (Å²) in [6, 6.07) is 3.63. The lowest BCUT2D eigenvalue weighted by atomic mass is 9.87. The highest BCUT2D eigenvalue weighted by molar-refractivity contribution is 7.19. The standard InChI is InChI=1S/C22H22FN5OS.C14H16ClN3OS/c1-11(2)27-21(29)12-3-4-15-18(7-12)30-22-19(15)20(25-10-26-22)28-17-6-14-9-24-8-13(14)5-16(17)23;1-7(2)18-13(19)8-3-4-9-10(5-8)20-14-11(9)12(15)16-6-17-14/h5-6,9-12H,3-4,7-8H2,1-2H3,(H,27,29)(H,25,26,28);6-8H,3-5H2,1-2H3,(H,18,19). The van der Waals surface area contributed by atoms with Crippen LogP contribution in [0.3, 0.4) is 0 Å². The Bertz CT molecular complexity index is 2150. The van der Waals surface area contributed by atoms with E-state index in [1.54, 1.807) is 35.0 Å². The molecule has 2 atom stereocenters. The molecule has 1 aliphatic heterocycles. The SMILES string of the molecule is CC(C)NC(=O)C1CCc2c(sc3ncnc(Cl)c23)C1.CC(C)NC(=O)C1CCc2c(sc3ncnc(Nc4cc5c(cc4F)CN=C5)c23)C1. The van der Waals surface area contributed by atoms with Crippen LogP contribution in [0.25, 0.3) is 20.4 Å². The van der Waals surface area contributed by atoms with Gasteiger partial charge in [-0.1, -0.05) is 11.6 Å². The van der Waals surface area contributed by atoms with E-state index in [0.717, 1.165) is 63.7 Å². The molecule has 5 aromatic rings.